The van der Waals surface area contributed by atoms with Crippen LogP contribution >= 0.6 is 8.58 Å². The fraction of sp³-hybridized carbons (Fsp3) is 0.536. The zero-order chi connectivity index (χ0) is 23.7. The molecule has 1 saturated heterocycles. The van der Waals surface area contributed by atoms with Crippen LogP contribution in [0.2, 0.25) is 0 Å². The standard InChI is InChI=1S/C18H29N.C10H14NO2P/c1-2-3-8-17-9-6-10-18(13-12-17)11-7-16-19-14-4-5-15-19;1-14-9-4-2-8(3-5-9)13-7-6-10(11)12/h6,9,12-13H,2-5,7-8,10-11,14-16H2,1H3;2-5,14H,6-7H2,1H3,(H2,11,12). The number of carbonyl (C=O) groups excluding carboxylic acids is 1. The number of nitrogens with zero attached hydrogens (tertiary/aromatic N) is 1. The van der Waals surface area contributed by atoms with Crippen LogP contribution in [0.25, 0.3) is 0 Å². The van der Waals surface area contributed by atoms with Gasteiger partial charge in [0.05, 0.1) is 13.0 Å². The number of ether oxygens (including phenoxy) is 1. The van der Waals surface area contributed by atoms with Crippen molar-refractivity contribution in [3.8, 4) is 5.75 Å². The highest BCUT2D eigenvalue weighted by Gasteiger charge is 2.10. The average Bonchev–Trinajstić information content (AvgIpc) is 3.24. The summed E-state index contributed by atoms with van der Waals surface area (Å²) in [6, 6.07) is 7.87. The van der Waals surface area contributed by atoms with Crippen molar-refractivity contribution in [3.05, 3.63) is 59.7 Å². The summed E-state index contributed by atoms with van der Waals surface area (Å²) in [4.78, 5) is 13.1. The number of amides is 1. The Balaban J connectivity index is 0.000000245. The highest BCUT2D eigenvalue weighted by Crippen LogP contribution is 2.19. The van der Waals surface area contributed by atoms with Gasteiger partial charge in [-0.25, -0.2) is 0 Å². The number of hydrogen-bond donors (Lipinski definition) is 1. The molecule has 1 heterocycles. The molecule has 3 rings (SSSR count). The average molecular weight is 471 g/mol. The van der Waals surface area contributed by atoms with Gasteiger partial charge in [0.1, 0.15) is 5.75 Å². The number of likely N-dealkylation sites (tertiary alicyclic amines) is 1. The summed E-state index contributed by atoms with van der Waals surface area (Å²) in [5.41, 5.74) is 8.11. The first-order valence-corrected chi connectivity index (χ1v) is 14.1. The summed E-state index contributed by atoms with van der Waals surface area (Å²) in [7, 11) is 0.795. The first-order valence-electron chi connectivity index (χ1n) is 12.6. The number of benzene rings is 1. The molecule has 1 aromatic rings. The minimum absolute atomic E-state index is 0.261. The van der Waals surface area contributed by atoms with E-state index < -0.39 is 0 Å². The van der Waals surface area contributed by atoms with Crippen LogP contribution in [0.1, 0.15) is 64.7 Å². The predicted octanol–water partition coefficient (Wildman–Crippen LogP) is 5.74. The van der Waals surface area contributed by atoms with E-state index in [1.165, 1.54) is 75.5 Å². The summed E-state index contributed by atoms with van der Waals surface area (Å²) in [6.45, 7) is 8.71. The molecule has 0 spiro atoms. The molecule has 33 heavy (non-hydrogen) atoms. The predicted molar refractivity (Wildman–Crippen MR) is 144 cm³/mol. The third kappa shape index (κ3) is 12.2. The van der Waals surface area contributed by atoms with Crippen LogP contribution in [0.5, 0.6) is 5.75 Å². The van der Waals surface area contributed by atoms with Crippen molar-refractivity contribution in [1.29, 1.82) is 0 Å². The molecule has 0 bridgehead atoms. The molecule has 1 aliphatic heterocycles. The fourth-order valence-corrected chi connectivity index (χ4v) is 4.47. The van der Waals surface area contributed by atoms with Gasteiger partial charge in [-0.3, -0.25) is 4.79 Å². The van der Waals surface area contributed by atoms with Crippen LogP contribution in [-0.4, -0.2) is 43.7 Å². The van der Waals surface area contributed by atoms with E-state index in [-0.39, 0.29) is 12.3 Å². The van der Waals surface area contributed by atoms with Gasteiger partial charge in [-0.1, -0.05) is 63.9 Å². The second-order valence-corrected chi connectivity index (χ2v) is 9.85. The minimum atomic E-state index is -0.336. The minimum Gasteiger partial charge on any atom is -0.493 e. The second kappa shape index (κ2) is 16.7. The smallest absolute Gasteiger partial charge is 0.220 e. The van der Waals surface area contributed by atoms with E-state index in [0.717, 1.165) is 20.8 Å². The molecule has 1 amide bonds. The quantitative estimate of drug-likeness (QED) is 0.396. The van der Waals surface area contributed by atoms with Crippen molar-refractivity contribution in [3.63, 3.8) is 0 Å². The number of nitrogens with two attached hydrogens (primary N) is 1. The fourth-order valence-electron chi connectivity index (χ4n) is 3.97. The van der Waals surface area contributed by atoms with Gasteiger partial charge in [-0.2, -0.15) is 0 Å². The topological polar surface area (TPSA) is 55.6 Å². The van der Waals surface area contributed by atoms with E-state index >= 15 is 0 Å². The van der Waals surface area contributed by atoms with Crippen LogP contribution in [0, 0.1) is 0 Å². The first kappa shape index (κ1) is 27.3. The number of allylic oxidation sites excluding steroid dienone is 6. The van der Waals surface area contributed by atoms with E-state index in [9.17, 15) is 4.79 Å². The Hall–Kier alpha value is -1.90. The maximum absolute atomic E-state index is 10.4. The summed E-state index contributed by atoms with van der Waals surface area (Å²) >= 11 is 0. The highest BCUT2D eigenvalue weighted by molar-refractivity contribution is 7.46. The number of hydrogen-bond acceptors (Lipinski definition) is 3. The lowest BCUT2D eigenvalue weighted by atomic mass is 10.1. The molecule has 0 saturated carbocycles. The van der Waals surface area contributed by atoms with Crippen molar-refractivity contribution < 1.29 is 9.53 Å². The lowest BCUT2D eigenvalue weighted by Gasteiger charge is -2.14. The Kier molecular flexibility index (Phi) is 13.8. The summed E-state index contributed by atoms with van der Waals surface area (Å²) in [5.74, 6) is 0.449. The molecule has 2 N–H and O–H groups in total. The first-order chi connectivity index (χ1) is 16.1. The molecule has 0 radical (unpaired) electrons. The Morgan fingerprint density at radius 2 is 1.85 bits per heavy atom. The molecule has 182 valence electrons. The van der Waals surface area contributed by atoms with Crippen molar-refractivity contribution in [2.45, 2.75) is 64.7 Å². The molecule has 1 atom stereocenters. The van der Waals surface area contributed by atoms with E-state index in [2.05, 4.69) is 42.8 Å². The second-order valence-electron chi connectivity index (χ2n) is 8.77. The van der Waals surface area contributed by atoms with Gasteiger partial charge in [0, 0.05) is 0 Å². The number of carbonyl (C=O) groups is 1. The van der Waals surface area contributed by atoms with Crippen molar-refractivity contribution in [2.24, 2.45) is 5.73 Å². The van der Waals surface area contributed by atoms with E-state index in [0.29, 0.717) is 6.61 Å². The van der Waals surface area contributed by atoms with Gasteiger partial charge in [0.2, 0.25) is 5.91 Å². The molecule has 1 aliphatic carbocycles. The van der Waals surface area contributed by atoms with Crippen LogP contribution in [0.3, 0.4) is 0 Å². The van der Waals surface area contributed by atoms with Crippen LogP contribution < -0.4 is 15.8 Å². The van der Waals surface area contributed by atoms with Crippen LogP contribution in [0.15, 0.2) is 59.7 Å². The molecular weight excluding hydrogens is 427 g/mol. The number of rotatable bonds is 12. The van der Waals surface area contributed by atoms with E-state index in [4.69, 9.17) is 10.5 Å². The SMILES string of the molecule is CCCCC1=CC=C(CCCN2CCCC2)CC=C1.CPc1ccc(OCCC(N)=O)cc1. The van der Waals surface area contributed by atoms with Gasteiger partial charge in [-0.05, 0) is 94.3 Å². The molecule has 2 aliphatic rings. The van der Waals surface area contributed by atoms with Crippen molar-refractivity contribution >= 4 is 19.8 Å². The largest absolute Gasteiger partial charge is 0.493 e. The molecule has 1 unspecified atom stereocenters. The summed E-state index contributed by atoms with van der Waals surface area (Å²) in [5, 5.41) is 1.30. The van der Waals surface area contributed by atoms with Crippen LogP contribution in [-0.2, 0) is 4.79 Å². The monoisotopic (exact) mass is 470 g/mol. The lowest BCUT2D eigenvalue weighted by Crippen LogP contribution is -2.20. The Morgan fingerprint density at radius 3 is 2.52 bits per heavy atom. The van der Waals surface area contributed by atoms with E-state index in [1.807, 2.05) is 24.3 Å². The van der Waals surface area contributed by atoms with Crippen molar-refractivity contribution in [1.82, 2.24) is 4.90 Å². The zero-order valence-electron chi connectivity index (χ0n) is 20.7. The van der Waals surface area contributed by atoms with Crippen LogP contribution in [0.4, 0.5) is 0 Å². The summed E-state index contributed by atoms with van der Waals surface area (Å²) in [6.07, 6.45) is 20.1. The molecule has 0 aromatic heterocycles. The van der Waals surface area contributed by atoms with Crippen molar-refractivity contribution in [2.75, 3.05) is 32.9 Å². The lowest BCUT2D eigenvalue weighted by molar-refractivity contribution is -0.118. The zero-order valence-corrected chi connectivity index (χ0v) is 21.7. The van der Waals surface area contributed by atoms with E-state index in [1.54, 1.807) is 5.57 Å². The Labute approximate surface area is 203 Å². The van der Waals surface area contributed by atoms with Gasteiger partial charge >= 0.3 is 0 Å². The molecule has 1 aromatic carbocycles. The third-order valence-corrected chi connectivity index (χ3v) is 6.91. The summed E-state index contributed by atoms with van der Waals surface area (Å²) < 4.78 is 5.32. The Morgan fingerprint density at radius 1 is 1.09 bits per heavy atom. The normalized spacial score (nSPS) is 16.2. The molecule has 4 nitrogen and oxygen atoms in total. The van der Waals surface area contributed by atoms with Gasteiger partial charge in [0.25, 0.3) is 0 Å². The number of primary amides is 1. The maximum Gasteiger partial charge on any atom is 0.220 e. The highest BCUT2D eigenvalue weighted by atomic mass is 31.1. The molecule has 5 heteroatoms. The Bertz CT molecular complexity index is 778. The van der Waals surface area contributed by atoms with Gasteiger partial charge in [0.15, 0.2) is 0 Å². The molecule has 1 fully saturated rings. The number of unbranched alkanes of at least 4 members (excludes halogenated alkanes) is 1. The maximum atomic E-state index is 10.4. The van der Waals surface area contributed by atoms with Gasteiger partial charge in [-0.15, -0.1) is 0 Å². The molecular formula is C28H43N2O2P. The third-order valence-electron chi connectivity index (χ3n) is 6.00. The van der Waals surface area contributed by atoms with Gasteiger partial charge < -0.3 is 15.4 Å².